The summed E-state index contributed by atoms with van der Waals surface area (Å²) in [5, 5.41) is 4.20. The first-order valence-corrected chi connectivity index (χ1v) is 11.2. The molecule has 1 N–H and O–H groups in total. The average Bonchev–Trinajstić information content (AvgIpc) is 3.41. The monoisotopic (exact) mass is 489 g/mol. The molecule has 0 saturated carbocycles. The van der Waals surface area contributed by atoms with Gasteiger partial charge in [-0.1, -0.05) is 28.1 Å². The van der Waals surface area contributed by atoms with Gasteiger partial charge in [-0.15, -0.1) is 0 Å². The van der Waals surface area contributed by atoms with Gasteiger partial charge < -0.3 is 14.8 Å². The predicted molar refractivity (Wildman–Crippen MR) is 130 cm³/mol. The second-order valence-corrected chi connectivity index (χ2v) is 8.66. The van der Waals surface area contributed by atoms with E-state index in [4.69, 9.17) is 12.2 Å². The predicted octanol–water partition coefficient (Wildman–Crippen LogP) is 5.52. The minimum absolute atomic E-state index is 0.0972. The summed E-state index contributed by atoms with van der Waals surface area (Å²) in [7, 11) is 0. The van der Waals surface area contributed by atoms with Gasteiger partial charge in [0, 0.05) is 34.4 Å². The molecule has 0 radical (unpaired) electrons. The maximum atomic E-state index is 5.84. The van der Waals surface area contributed by atoms with Gasteiger partial charge in [0.05, 0.1) is 11.7 Å². The molecular weight excluding hydrogens is 470 g/mol. The topological polar surface area (TPSA) is 46.0 Å². The molecule has 0 spiro atoms. The number of aryl methyl sites for hydroxylation is 1. The van der Waals surface area contributed by atoms with Crippen LogP contribution in [0.5, 0.6) is 0 Å². The Morgan fingerprint density at radius 3 is 2.48 bits per heavy atom. The first-order chi connectivity index (χ1) is 15.1. The summed E-state index contributed by atoms with van der Waals surface area (Å²) in [6.07, 6.45) is 5.67. The normalized spacial score (nSPS) is 18.3. The van der Waals surface area contributed by atoms with Crippen LogP contribution >= 0.6 is 28.1 Å². The first-order valence-electron chi connectivity index (χ1n) is 9.99. The zero-order valence-electron chi connectivity index (χ0n) is 16.8. The fraction of sp³-hybridized carbons (Fsp3) is 0.125. The van der Waals surface area contributed by atoms with Gasteiger partial charge in [-0.3, -0.25) is 4.98 Å². The number of anilines is 1. The summed E-state index contributed by atoms with van der Waals surface area (Å²) < 4.78 is 3.19. The van der Waals surface area contributed by atoms with Crippen LogP contribution in [-0.4, -0.2) is 19.6 Å². The number of hydrogen-bond acceptors (Lipinski definition) is 3. The zero-order chi connectivity index (χ0) is 21.4. The van der Waals surface area contributed by atoms with Gasteiger partial charge in [-0.2, -0.15) is 0 Å². The van der Waals surface area contributed by atoms with E-state index in [1.165, 1.54) is 0 Å². The molecule has 1 saturated heterocycles. The molecule has 1 fully saturated rings. The first kappa shape index (κ1) is 19.9. The Kier molecular flexibility index (Phi) is 5.29. The summed E-state index contributed by atoms with van der Waals surface area (Å²) in [6, 6.07) is 22.2. The van der Waals surface area contributed by atoms with Gasteiger partial charge in [-0.05, 0) is 79.3 Å². The SMILES string of the molecule is Cc1cc(N2C(=S)N[C@H](c3ccccn3)[C@@H]2c2cccn2-c2ccccn2)ccc1Br. The van der Waals surface area contributed by atoms with E-state index < -0.39 is 0 Å². The molecule has 1 aliphatic heterocycles. The molecule has 0 amide bonds. The molecule has 1 aliphatic rings. The third-order valence-electron chi connectivity index (χ3n) is 5.50. The summed E-state index contributed by atoms with van der Waals surface area (Å²) in [6.45, 7) is 2.09. The van der Waals surface area contributed by atoms with Gasteiger partial charge in [-0.25, -0.2) is 4.98 Å². The fourth-order valence-electron chi connectivity index (χ4n) is 4.05. The van der Waals surface area contributed by atoms with Gasteiger partial charge in [0.25, 0.3) is 0 Å². The number of hydrogen-bond donors (Lipinski definition) is 1. The van der Waals surface area contributed by atoms with E-state index in [0.717, 1.165) is 32.9 Å². The van der Waals surface area contributed by atoms with E-state index in [0.29, 0.717) is 5.11 Å². The van der Waals surface area contributed by atoms with Crippen LogP contribution in [0.1, 0.15) is 29.0 Å². The Morgan fingerprint density at radius 2 is 1.77 bits per heavy atom. The van der Waals surface area contributed by atoms with Crippen molar-refractivity contribution in [1.82, 2.24) is 19.9 Å². The van der Waals surface area contributed by atoms with E-state index in [9.17, 15) is 0 Å². The number of benzene rings is 1. The largest absolute Gasteiger partial charge is 0.351 e. The van der Waals surface area contributed by atoms with Gasteiger partial charge >= 0.3 is 0 Å². The van der Waals surface area contributed by atoms with Crippen LogP contribution in [0.4, 0.5) is 5.69 Å². The van der Waals surface area contributed by atoms with E-state index in [1.54, 1.807) is 0 Å². The van der Waals surface area contributed by atoms with Crippen molar-refractivity contribution in [3.63, 3.8) is 0 Å². The van der Waals surface area contributed by atoms with Crippen molar-refractivity contribution in [2.24, 2.45) is 0 Å². The number of nitrogens with one attached hydrogen (secondary N) is 1. The average molecular weight is 490 g/mol. The standard InChI is InChI=1S/C24H20BrN5S/c1-16-15-17(10-11-18(16)25)30-23(22(28-24(30)31)19-7-2-4-12-26-19)20-8-6-14-29(20)21-9-3-5-13-27-21/h2-15,22-23H,1H3,(H,28,31)/t22-,23+/m1/s1. The van der Waals surface area contributed by atoms with Crippen LogP contribution in [0.2, 0.25) is 0 Å². The summed E-state index contributed by atoms with van der Waals surface area (Å²) in [5.74, 6) is 0.868. The molecular formula is C24H20BrN5S. The Bertz CT molecular complexity index is 1230. The molecule has 31 heavy (non-hydrogen) atoms. The Hall–Kier alpha value is -3.03. The molecule has 1 aromatic carbocycles. The number of aromatic nitrogens is 3. The molecule has 3 aromatic heterocycles. The lowest BCUT2D eigenvalue weighted by atomic mass is 10.0. The number of rotatable bonds is 4. The molecule has 5 nitrogen and oxygen atoms in total. The Morgan fingerprint density at radius 1 is 0.968 bits per heavy atom. The number of halogens is 1. The quantitative estimate of drug-likeness (QED) is 0.382. The molecule has 4 aromatic rings. The molecule has 0 unspecified atom stereocenters. The van der Waals surface area contributed by atoms with Crippen LogP contribution in [0.25, 0.3) is 5.82 Å². The third kappa shape index (κ3) is 3.64. The highest BCUT2D eigenvalue weighted by Gasteiger charge is 2.42. The molecule has 2 atom stereocenters. The van der Waals surface area contributed by atoms with E-state index in [2.05, 4.69) is 71.9 Å². The van der Waals surface area contributed by atoms with Crippen molar-refractivity contribution >= 4 is 38.9 Å². The van der Waals surface area contributed by atoms with Crippen molar-refractivity contribution in [2.75, 3.05) is 4.90 Å². The van der Waals surface area contributed by atoms with E-state index in [1.807, 2.05) is 61.1 Å². The summed E-state index contributed by atoms with van der Waals surface area (Å²) in [5.41, 5.74) is 4.22. The Labute approximate surface area is 194 Å². The van der Waals surface area contributed by atoms with Crippen LogP contribution in [0, 0.1) is 6.92 Å². The summed E-state index contributed by atoms with van der Waals surface area (Å²) in [4.78, 5) is 11.4. The van der Waals surface area contributed by atoms with Crippen LogP contribution < -0.4 is 10.2 Å². The van der Waals surface area contributed by atoms with E-state index >= 15 is 0 Å². The second-order valence-electron chi connectivity index (χ2n) is 7.42. The van der Waals surface area contributed by atoms with Crippen molar-refractivity contribution in [3.05, 3.63) is 107 Å². The minimum atomic E-state index is -0.102. The molecule has 0 aliphatic carbocycles. The van der Waals surface area contributed by atoms with Crippen molar-refractivity contribution in [1.29, 1.82) is 0 Å². The van der Waals surface area contributed by atoms with Crippen molar-refractivity contribution in [3.8, 4) is 5.82 Å². The number of pyridine rings is 2. The zero-order valence-corrected chi connectivity index (χ0v) is 19.2. The highest BCUT2D eigenvalue weighted by Crippen LogP contribution is 2.42. The lowest BCUT2D eigenvalue weighted by Crippen LogP contribution is -2.30. The van der Waals surface area contributed by atoms with E-state index in [-0.39, 0.29) is 12.1 Å². The van der Waals surface area contributed by atoms with Crippen LogP contribution in [0.3, 0.4) is 0 Å². The van der Waals surface area contributed by atoms with Gasteiger partial charge in [0.1, 0.15) is 11.9 Å². The summed E-state index contributed by atoms with van der Waals surface area (Å²) >= 11 is 9.45. The Balaban J connectivity index is 1.68. The second kappa shape index (κ2) is 8.24. The molecule has 0 bridgehead atoms. The number of thiocarbonyl (C=S) groups is 1. The van der Waals surface area contributed by atoms with Crippen LogP contribution in [-0.2, 0) is 0 Å². The maximum Gasteiger partial charge on any atom is 0.174 e. The lowest BCUT2D eigenvalue weighted by Gasteiger charge is -2.29. The van der Waals surface area contributed by atoms with Crippen molar-refractivity contribution < 1.29 is 0 Å². The third-order valence-corrected chi connectivity index (χ3v) is 6.70. The lowest BCUT2D eigenvalue weighted by molar-refractivity contribution is 0.548. The van der Waals surface area contributed by atoms with Crippen LogP contribution in [0.15, 0.2) is 89.8 Å². The molecule has 5 rings (SSSR count). The number of nitrogens with zero attached hydrogens (tertiary/aromatic N) is 4. The van der Waals surface area contributed by atoms with Crippen molar-refractivity contribution in [2.45, 2.75) is 19.0 Å². The van der Waals surface area contributed by atoms with Gasteiger partial charge in [0.15, 0.2) is 5.11 Å². The maximum absolute atomic E-state index is 5.84. The molecule has 4 heterocycles. The highest BCUT2D eigenvalue weighted by atomic mass is 79.9. The van der Waals surface area contributed by atoms with Gasteiger partial charge in [0.2, 0.25) is 0 Å². The molecule has 154 valence electrons. The smallest absolute Gasteiger partial charge is 0.174 e. The molecule has 7 heteroatoms. The minimum Gasteiger partial charge on any atom is -0.351 e. The fourth-order valence-corrected chi connectivity index (χ4v) is 4.64. The highest BCUT2D eigenvalue weighted by molar-refractivity contribution is 9.10.